The van der Waals surface area contributed by atoms with Gasteiger partial charge in [-0.1, -0.05) is 54.8 Å². The summed E-state index contributed by atoms with van der Waals surface area (Å²) in [6, 6.07) is 9.36. The minimum Gasteiger partial charge on any atom is -0.310 e. The first-order valence-electron chi connectivity index (χ1n) is 7.63. The lowest BCUT2D eigenvalue weighted by Crippen LogP contribution is -2.28. The Hall–Kier alpha value is -0.340. The highest BCUT2D eigenvalue weighted by Crippen LogP contribution is 2.28. The fraction of sp³-hybridized carbons (Fsp3) is 0.647. The summed E-state index contributed by atoms with van der Waals surface area (Å²) < 4.78 is 1.16. The smallest absolute Gasteiger partial charge is 0.0208 e. The zero-order valence-electron chi connectivity index (χ0n) is 12.2. The van der Waals surface area contributed by atoms with Gasteiger partial charge in [-0.05, 0) is 48.8 Å². The van der Waals surface area contributed by atoms with E-state index in [4.69, 9.17) is 0 Å². The van der Waals surface area contributed by atoms with Crippen LogP contribution in [0.25, 0.3) is 0 Å². The van der Waals surface area contributed by atoms with E-state index in [1.54, 1.807) is 0 Å². The normalized spacial score (nSPS) is 24.4. The van der Waals surface area contributed by atoms with Gasteiger partial charge in [0.2, 0.25) is 0 Å². The molecule has 2 heteroatoms. The first-order valence-corrected chi connectivity index (χ1v) is 8.42. The van der Waals surface area contributed by atoms with Crippen molar-refractivity contribution in [3.8, 4) is 0 Å². The van der Waals surface area contributed by atoms with Crippen molar-refractivity contribution in [1.82, 2.24) is 5.32 Å². The number of rotatable bonds is 4. The first-order chi connectivity index (χ1) is 9.15. The van der Waals surface area contributed by atoms with Gasteiger partial charge in [-0.25, -0.2) is 0 Å². The molecular weight excluding hydrogens is 298 g/mol. The third kappa shape index (κ3) is 4.92. The predicted molar refractivity (Wildman–Crippen MR) is 86.2 cm³/mol. The van der Waals surface area contributed by atoms with E-state index in [-0.39, 0.29) is 0 Å². The van der Waals surface area contributed by atoms with Crippen LogP contribution in [0.5, 0.6) is 0 Å². The molecule has 0 amide bonds. The fourth-order valence-corrected chi connectivity index (χ4v) is 3.33. The topological polar surface area (TPSA) is 12.0 Å². The summed E-state index contributed by atoms with van der Waals surface area (Å²) in [4.78, 5) is 0. The summed E-state index contributed by atoms with van der Waals surface area (Å²) >= 11 is 3.48. The highest BCUT2D eigenvalue weighted by atomic mass is 79.9. The van der Waals surface area contributed by atoms with Crippen molar-refractivity contribution in [2.45, 2.75) is 58.5 Å². The van der Waals surface area contributed by atoms with Gasteiger partial charge in [-0.2, -0.15) is 0 Å². The summed E-state index contributed by atoms with van der Waals surface area (Å²) in [5.74, 6) is 1.80. The molecule has 1 aromatic carbocycles. The Morgan fingerprint density at radius 2 is 1.84 bits per heavy atom. The molecule has 1 fully saturated rings. The van der Waals surface area contributed by atoms with Gasteiger partial charge in [0.15, 0.2) is 0 Å². The quantitative estimate of drug-likeness (QED) is 0.756. The zero-order chi connectivity index (χ0) is 13.7. The number of nitrogens with one attached hydrogen (secondary N) is 1. The summed E-state index contributed by atoms with van der Waals surface area (Å²) in [7, 11) is 0. The first kappa shape index (κ1) is 15.1. The van der Waals surface area contributed by atoms with E-state index >= 15 is 0 Å². The molecule has 1 nitrogen and oxygen atoms in total. The van der Waals surface area contributed by atoms with Crippen LogP contribution in [0.2, 0.25) is 0 Å². The van der Waals surface area contributed by atoms with E-state index < -0.39 is 0 Å². The van der Waals surface area contributed by atoms with Gasteiger partial charge in [0.05, 0.1) is 0 Å². The zero-order valence-corrected chi connectivity index (χ0v) is 13.7. The van der Waals surface area contributed by atoms with E-state index in [9.17, 15) is 0 Å². The molecule has 0 heterocycles. The third-order valence-electron chi connectivity index (χ3n) is 4.46. The van der Waals surface area contributed by atoms with Crippen LogP contribution in [0.4, 0.5) is 0 Å². The lowest BCUT2D eigenvalue weighted by molar-refractivity contribution is 0.337. The van der Waals surface area contributed by atoms with Crippen molar-refractivity contribution in [3.05, 3.63) is 34.3 Å². The van der Waals surface area contributed by atoms with E-state index in [0.29, 0.717) is 6.04 Å². The molecule has 0 aliphatic heterocycles. The minimum absolute atomic E-state index is 0.715. The molecule has 0 bridgehead atoms. The summed E-state index contributed by atoms with van der Waals surface area (Å²) in [6.45, 7) is 5.75. The molecule has 0 radical (unpaired) electrons. The second-order valence-electron chi connectivity index (χ2n) is 6.22. The van der Waals surface area contributed by atoms with Gasteiger partial charge in [0, 0.05) is 17.1 Å². The van der Waals surface area contributed by atoms with Crippen molar-refractivity contribution in [2.75, 3.05) is 0 Å². The van der Waals surface area contributed by atoms with E-state index in [1.807, 2.05) is 0 Å². The monoisotopic (exact) mass is 323 g/mol. The van der Waals surface area contributed by atoms with Crippen molar-refractivity contribution in [1.29, 1.82) is 0 Å². The highest BCUT2D eigenvalue weighted by Gasteiger charge is 2.20. The third-order valence-corrected chi connectivity index (χ3v) is 4.99. The van der Waals surface area contributed by atoms with Crippen LogP contribution in [0.1, 0.15) is 51.5 Å². The number of hydrogen-bond donors (Lipinski definition) is 1. The van der Waals surface area contributed by atoms with Gasteiger partial charge >= 0.3 is 0 Å². The molecule has 1 aliphatic carbocycles. The van der Waals surface area contributed by atoms with Crippen LogP contribution in [0.15, 0.2) is 28.7 Å². The van der Waals surface area contributed by atoms with Crippen LogP contribution < -0.4 is 5.32 Å². The van der Waals surface area contributed by atoms with Crippen molar-refractivity contribution in [2.24, 2.45) is 11.8 Å². The largest absolute Gasteiger partial charge is 0.310 e. The molecular formula is C17H26BrN. The second kappa shape index (κ2) is 7.44. The average Bonchev–Trinajstić information content (AvgIpc) is 2.63. The van der Waals surface area contributed by atoms with Crippen LogP contribution >= 0.6 is 15.9 Å². The van der Waals surface area contributed by atoms with Crippen LogP contribution in [0, 0.1) is 11.8 Å². The average molecular weight is 324 g/mol. The van der Waals surface area contributed by atoms with Crippen LogP contribution in [-0.2, 0) is 6.54 Å². The Morgan fingerprint density at radius 1 is 1.11 bits per heavy atom. The Bertz CT molecular complexity index is 371. The second-order valence-corrected chi connectivity index (χ2v) is 7.13. The van der Waals surface area contributed by atoms with Crippen molar-refractivity contribution >= 4 is 15.9 Å². The highest BCUT2D eigenvalue weighted by molar-refractivity contribution is 9.10. The summed E-state index contributed by atoms with van der Waals surface area (Å²) in [6.07, 6.45) is 6.91. The van der Waals surface area contributed by atoms with E-state index in [0.717, 1.165) is 22.9 Å². The van der Waals surface area contributed by atoms with Crippen LogP contribution in [0.3, 0.4) is 0 Å². The van der Waals surface area contributed by atoms with Gasteiger partial charge < -0.3 is 5.32 Å². The molecule has 106 valence electrons. The number of benzene rings is 1. The van der Waals surface area contributed by atoms with Gasteiger partial charge in [-0.3, -0.25) is 0 Å². The van der Waals surface area contributed by atoms with E-state index in [2.05, 4.69) is 59.4 Å². The maximum Gasteiger partial charge on any atom is 0.0208 e. The molecule has 0 aromatic heterocycles. The maximum absolute atomic E-state index is 3.74. The van der Waals surface area contributed by atoms with Gasteiger partial charge in [-0.15, -0.1) is 0 Å². The molecule has 2 rings (SSSR count). The lowest BCUT2D eigenvalue weighted by Gasteiger charge is -2.19. The Balaban J connectivity index is 1.78. The Morgan fingerprint density at radius 3 is 2.53 bits per heavy atom. The van der Waals surface area contributed by atoms with E-state index in [1.165, 1.54) is 37.7 Å². The Kier molecular flexibility index (Phi) is 5.90. The number of hydrogen-bond acceptors (Lipinski definition) is 1. The summed E-state index contributed by atoms with van der Waals surface area (Å²) in [5.41, 5.74) is 1.38. The van der Waals surface area contributed by atoms with Gasteiger partial charge in [0.1, 0.15) is 0 Å². The maximum atomic E-state index is 3.74. The standard InChI is InChI=1S/C17H26BrN/c1-13(2)15-4-3-5-17(11-8-15)19-12-14-6-9-16(18)10-7-14/h6-7,9-10,13,15,17,19H,3-5,8,11-12H2,1-2H3. The predicted octanol–water partition coefficient (Wildman–Crippen LogP) is 5.14. The molecule has 1 saturated carbocycles. The lowest BCUT2D eigenvalue weighted by atomic mass is 9.89. The Labute approximate surface area is 126 Å². The molecule has 1 aromatic rings. The molecule has 1 aliphatic rings. The van der Waals surface area contributed by atoms with Crippen molar-refractivity contribution in [3.63, 3.8) is 0 Å². The molecule has 19 heavy (non-hydrogen) atoms. The van der Waals surface area contributed by atoms with Crippen molar-refractivity contribution < 1.29 is 0 Å². The summed E-state index contributed by atoms with van der Waals surface area (Å²) in [5, 5.41) is 3.74. The van der Waals surface area contributed by atoms with Crippen LogP contribution in [-0.4, -0.2) is 6.04 Å². The fourth-order valence-electron chi connectivity index (χ4n) is 3.07. The number of halogens is 1. The molecule has 2 atom stereocenters. The molecule has 1 N–H and O–H groups in total. The molecule has 2 unspecified atom stereocenters. The molecule has 0 spiro atoms. The van der Waals surface area contributed by atoms with Gasteiger partial charge in [0.25, 0.3) is 0 Å². The minimum atomic E-state index is 0.715. The molecule has 0 saturated heterocycles. The SMILES string of the molecule is CC(C)C1CCCC(NCc2ccc(Br)cc2)CC1.